The molecule has 1 aromatic rings. The van der Waals surface area contributed by atoms with Crippen LogP contribution in [0.3, 0.4) is 0 Å². The van der Waals surface area contributed by atoms with Crippen LogP contribution in [0.4, 0.5) is 5.69 Å². The fraction of sp³-hybridized carbons (Fsp3) is 0.500. The molecule has 2 nitrogen and oxygen atoms in total. The van der Waals surface area contributed by atoms with Crippen LogP contribution >= 0.6 is 0 Å². The van der Waals surface area contributed by atoms with E-state index in [1.165, 1.54) is 11.3 Å². The van der Waals surface area contributed by atoms with E-state index in [4.69, 9.17) is 4.74 Å². The van der Waals surface area contributed by atoms with Gasteiger partial charge in [-0.15, -0.1) is 0 Å². The van der Waals surface area contributed by atoms with Crippen molar-refractivity contribution in [2.24, 2.45) is 0 Å². The van der Waals surface area contributed by atoms with Crippen molar-refractivity contribution >= 4 is 5.69 Å². The molecule has 0 aliphatic heterocycles. The summed E-state index contributed by atoms with van der Waals surface area (Å²) in [6.45, 7) is 7.26. The maximum absolute atomic E-state index is 5.32. The molecule has 0 saturated carbocycles. The van der Waals surface area contributed by atoms with Gasteiger partial charge < -0.3 is 9.64 Å². The first-order chi connectivity index (χ1) is 6.69. The quantitative estimate of drug-likeness (QED) is 0.682. The second-order valence-electron chi connectivity index (χ2n) is 3.46. The lowest BCUT2D eigenvalue weighted by Gasteiger charge is -2.29. The standard InChI is InChI=1S/C12H19NO/c1-5-13(11(3)14-4)12-8-6-7-10(2)9-12/h6-9,11H,5H2,1-4H3. The molecule has 0 aromatic heterocycles. The molecule has 0 bridgehead atoms. The largest absolute Gasteiger partial charge is 0.362 e. The van der Waals surface area contributed by atoms with E-state index in [-0.39, 0.29) is 6.23 Å². The average Bonchev–Trinajstić information content (AvgIpc) is 2.19. The maximum atomic E-state index is 5.32. The van der Waals surface area contributed by atoms with E-state index in [0.29, 0.717) is 0 Å². The summed E-state index contributed by atoms with van der Waals surface area (Å²) in [5, 5.41) is 0. The van der Waals surface area contributed by atoms with Gasteiger partial charge in [-0.3, -0.25) is 0 Å². The van der Waals surface area contributed by atoms with Crippen LogP contribution in [-0.2, 0) is 4.74 Å². The molecule has 0 fully saturated rings. The SMILES string of the molecule is CCN(c1cccc(C)c1)C(C)OC. The minimum Gasteiger partial charge on any atom is -0.362 e. The van der Waals surface area contributed by atoms with Crippen LogP contribution in [0, 0.1) is 6.92 Å². The van der Waals surface area contributed by atoms with Crippen molar-refractivity contribution in [2.45, 2.75) is 27.0 Å². The summed E-state index contributed by atoms with van der Waals surface area (Å²) in [6, 6.07) is 8.48. The van der Waals surface area contributed by atoms with Crippen LogP contribution in [0.2, 0.25) is 0 Å². The highest BCUT2D eigenvalue weighted by molar-refractivity contribution is 5.48. The molecule has 0 aliphatic rings. The summed E-state index contributed by atoms with van der Waals surface area (Å²) in [4.78, 5) is 2.23. The number of anilines is 1. The molecule has 0 amide bonds. The third-order valence-corrected chi connectivity index (χ3v) is 2.45. The minimum absolute atomic E-state index is 0.127. The van der Waals surface area contributed by atoms with Gasteiger partial charge in [0.15, 0.2) is 0 Å². The third-order valence-electron chi connectivity index (χ3n) is 2.45. The van der Waals surface area contributed by atoms with Crippen LogP contribution in [0.15, 0.2) is 24.3 Å². The summed E-state index contributed by atoms with van der Waals surface area (Å²) < 4.78 is 5.32. The lowest BCUT2D eigenvalue weighted by molar-refractivity contribution is 0.115. The number of benzene rings is 1. The van der Waals surface area contributed by atoms with Gasteiger partial charge in [0.2, 0.25) is 0 Å². The number of hydrogen-bond acceptors (Lipinski definition) is 2. The Morgan fingerprint density at radius 3 is 2.64 bits per heavy atom. The Balaban J connectivity index is 2.89. The van der Waals surface area contributed by atoms with Gasteiger partial charge in [0.05, 0.1) is 0 Å². The smallest absolute Gasteiger partial charge is 0.126 e. The summed E-state index contributed by atoms with van der Waals surface area (Å²) in [5.74, 6) is 0. The third kappa shape index (κ3) is 2.48. The molecule has 78 valence electrons. The summed E-state index contributed by atoms with van der Waals surface area (Å²) in [5.41, 5.74) is 2.51. The Hall–Kier alpha value is -1.02. The second-order valence-corrected chi connectivity index (χ2v) is 3.46. The zero-order chi connectivity index (χ0) is 10.6. The molecular weight excluding hydrogens is 174 g/mol. The zero-order valence-electron chi connectivity index (χ0n) is 9.45. The van der Waals surface area contributed by atoms with E-state index in [9.17, 15) is 0 Å². The van der Waals surface area contributed by atoms with Crippen molar-refractivity contribution < 1.29 is 4.74 Å². The van der Waals surface area contributed by atoms with Crippen molar-refractivity contribution in [3.63, 3.8) is 0 Å². The normalized spacial score (nSPS) is 12.6. The summed E-state index contributed by atoms with van der Waals surface area (Å²) in [6.07, 6.45) is 0.127. The zero-order valence-corrected chi connectivity index (χ0v) is 9.45. The Labute approximate surface area is 86.5 Å². The number of methoxy groups -OCH3 is 1. The van der Waals surface area contributed by atoms with Crippen LogP contribution in [0.5, 0.6) is 0 Å². The van der Waals surface area contributed by atoms with Gasteiger partial charge >= 0.3 is 0 Å². The molecule has 0 saturated heterocycles. The number of rotatable bonds is 4. The van der Waals surface area contributed by atoms with E-state index < -0.39 is 0 Å². The molecule has 2 heteroatoms. The van der Waals surface area contributed by atoms with Crippen LogP contribution in [0.25, 0.3) is 0 Å². The van der Waals surface area contributed by atoms with Crippen molar-refractivity contribution in [3.05, 3.63) is 29.8 Å². The molecule has 1 atom stereocenters. The number of ether oxygens (including phenoxy) is 1. The van der Waals surface area contributed by atoms with Gasteiger partial charge in [-0.2, -0.15) is 0 Å². The molecule has 0 aliphatic carbocycles. The van der Waals surface area contributed by atoms with E-state index in [2.05, 4.69) is 49.9 Å². The van der Waals surface area contributed by atoms with Crippen molar-refractivity contribution in [1.29, 1.82) is 0 Å². The number of hydrogen-bond donors (Lipinski definition) is 0. The van der Waals surface area contributed by atoms with E-state index in [1.54, 1.807) is 7.11 Å². The highest BCUT2D eigenvalue weighted by Crippen LogP contribution is 2.18. The second kappa shape index (κ2) is 5.01. The van der Waals surface area contributed by atoms with Crippen molar-refractivity contribution in [1.82, 2.24) is 0 Å². The Kier molecular flexibility index (Phi) is 3.96. The van der Waals surface area contributed by atoms with Gasteiger partial charge in [0.1, 0.15) is 6.23 Å². The first kappa shape index (κ1) is 11.1. The monoisotopic (exact) mass is 193 g/mol. The lowest BCUT2D eigenvalue weighted by atomic mass is 10.2. The van der Waals surface area contributed by atoms with E-state index in [1.807, 2.05) is 0 Å². The first-order valence-corrected chi connectivity index (χ1v) is 5.05. The predicted octanol–water partition coefficient (Wildman–Crippen LogP) is 2.81. The van der Waals surface area contributed by atoms with Gasteiger partial charge in [-0.1, -0.05) is 12.1 Å². The Morgan fingerprint density at radius 2 is 2.14 bits per heavy atom. The fourth-order valence-electron chi connectivity index (χ4n) is 1.58. The van der Waals surface area contributed by atoms with Gasteiger partial charge in [-0.25, -0.2) is 0 Å². The number of nitrogens with zero attached hydrogens (tertiary/aromatic N) is 1. The minimum atomic E-state index is 0.127. The first-order valence-electron chi connectivity index (χ1n) is 5.05. The van der Waals surface area contributed by atoms with Crippen molar-refractivity contribution in [3.8, 4) is 0 Å². The molecule has 0 radical (unpaired) electrons. The average molecular weight is 193 g/mol. The van der Waals surface area contributed by atoms with Crippen LogP contribution < -0.4 is 4.90 Å². The summed E-state index contributed by atoms with van der Waals surface area (Å²) in [7, 11) is 1.74. The van der Waals surface area contributed by atoms with E-state index in [0.717, 1.165) is 6.54 Å². The number of aryl methyl sites for hydroxylation is 1. The Morgan fingerprint density at radius 1 is 1.43 bits per heavy atom. The molecule has 0 N–H and O–H groups in total. The predicted molar refractivity (Wildman–Crippen MR) is 60.7 cm³/mol. The van der Waals surface area contributed by atoms with Gasteiger partial charge in [-0.05, 0) is 38.5 Å². The van der Waals surface area contributed by atoms with Gasteiger partial charge in [0, 0.05) is 19.3 Å². The van der Waals surface area contributed by atoms with Crippen LogP contribution in [0.1, 0.15) is 19.4 Å². The Bertz CT molecular complexity index is 285. The molecular formula is C12H19NO. The highest BCUT2D eigenvalue weighted by atomic mass is 16.5. The molecule has 1 unspecified atom stereocenters. The molecule has 14 heavy (non-hydrogen) atoms. The molecule has 1 rings (SSSR count). The van der Waals surface area contributed by atoms with Crippen molar-refractivity contribution in [2.75, 3.05) is 18.6 Å². The maximum Gasteiger partial charge on any atom is 0.126 e. The molecule has 1 aromatic carbocycles. The lowest BCUT2D eigenvalue weighted by Crippen LogP contribution is -2.34. The molecule has 0 spiro atoms. The van der Waals surface area contributed by atoms with Crippen LogP contribution in [-0.4, -0.2) is 19.9 Å². The highest BCUT2D eigenvalue weighted by Gasteiger charge is 2.10. The molecule has 0 heterocycles. The summed E-state index contributed by atoms with van der Waals surface area (Å²) >= 11 is 0. The topological polar surface area (TPSA) is 12.5 Å². The van der Waals surface area contributed by atoms with Gasteiger partial charge in [0.25, 0.3) is 0 Å². The van der Waals surface area contributed by atoms with E-state index >= 15 is 0 Å². The fourth-order valence-corrected chi connectivity index (χ4v) is 1.58.